The summed E-state index contributed by atoms with van der Waals surface area (Å²) in [5, 5.41) is 21.2. The van der Waals surface area contributed by atoms with E-state index in [1.54, 1.807) is 6.07 Å². The van der Waals surface area contributed by atoms with Crippen LogP contribution in [-0.2, 0) is 4.79 Å². The molecule has 124 valence electrons. The third-order valence-corrected chi connectivity index (χ3v) is 3.58. The van der Waals surface area contributed by atoms with E-state index in [1.165, 1.54) is 18.2 Å². The van der Waals surface area contributed by atoms with Gasteiger partial charge in [-0.1, -0.05) is 0 Å². The Kier molecular flexibility index (Phi) is 5.11. The fourth-order valence-electron chi connectivity index (χ4n) is 2.46. The molecule has 1 aromatic rings. The predicted octanol–water partition coefficient (Wildman–Crippen LogP) is 2.60. The van der Waals surface area contributed by atoms with Gasteiger partial charge in [-0.25, -0.2) is 0 Å². The monoisotopic (exact) mass is 328 g/mol. The summed E-state index contributed by atoms with van der Waals surface area (Å²) in [7, 11) is 0. The molecular formula is C15H15F3N2O3. The molecule has 5 nitrogen and oxygen atoms in total. The first-order chi connectivity index (χ1) is 10.8. The van der Waals surface area contributed by atoms with Crippen molar-refractivity contribution in [2.45, 2.75) is 31.5 Å². The molecule has 0 aromatic heterocycles. The summed E-state index contributed by atoms with van der Waals surface area (Å²) < 4.78 is 41.0. The number of aliphatic hydroxyl groups excluding tert-OH is 1. The Labute approximate surface area is 130 Å². The van der Waals surface area contributed by atoms with Gasteiger partial charge in [-0.15, -0.1) is 0 Å². The average Bonchev–Trinajstić information content (AvgIpc) is 2.91. The first-order valence-corrected chi connectivity index (χ1v) is 7.03. The molecule has 1 aliphatic rings. The number of hydrogen-bond acceptors (Lipinski definition) is 4. The van der Waals surface area contributed by atoms with Crippen LogP contribution in [-0.4, -0.2) is 29.9 Å². The van der Waals surface area contributed by atoms with E-state index in [1.807, 2.05) is 0 Å². The summed E-state index contributed by atoms with van der Waals surface area (Å²) in [6.07, 6.45) is -3.30. The fourth-order valence-corrected chi connectivity index (χ4v) is 2.46. The molecule has 2 N–H and O–H groups in total. The van der Waals surface area contributed by atoms with Crippen molar-refractivity contribution in [2.24, 2.45) is 5.92 Å². The molecule has 0 aliphatic heterocycles. The van der Waals surface area contributed by atoms with E-state index in [2.05, 4.69) is 10.1 Å². The smallest absolute Gasteiger partial charge is 0.422 e. The lowest BCUT2D eigenvalue weighted by atomic mass is 10.0. The molecule has 1 saturated carbocycles. The van der Waals surface area contributed by atoms with E-state index >= 15 is 0 Å². The molecule has 1 amide bonds. The Hall–Kier alpha value is -2.27. The van der Waals surface area contributed by atoms with Gasteiger partial charge in [0.25, 0.3) is 0 Å². The summed E-state index contributed by atoms with van der Waals surface area (Å²) in [5.74, 6) is -1.09. The number of ether oxygens (including phenoxy) is 1. The molecular weight excluding hydrogens is 313 g/mol. The van der Waals surface area contributed by atoms with Crippen LogP contribution in [0.25, 0.3) is 0 Å². The van der Waals surface area contributed by atoms with Crippen LogP contribution in [0.3, 0.4) is 0 Å². The molecule has 0 heterocycles. The minimum absolute atomic E-state index is 0.112. The summed E-state index contributed by atoms with van der Waals surface area (Å²) in [6, 6.07) is 5.52. The molecule has 2 unspecified atom stereocenters. The van der Waals surface area contributed by atoms with E-state index in [4.69, 9.17) is 5.26 Å². The quantitative estimate of drug-likeness (QED) is 0.890. The molecule has 1 fully saturated rings. The van der Waals surface area contributed by atoms with Crippen LogP contribution in [0, 0.1) is 17.2 Å². The van der Waals surface area contributed by atoms with Crippen molar-refractivity contribution in [3.05, 3.63) is 23.8 Å². The van der Waals surface area contributed by atoms with E-state index in [0.717, 1.165) is 6.42 Å². The number of amides is 1. The van der Waals surface area contributed by atoms with E-state index in [0.29, 0.717) is 12.8 Å². The number of aliphatic hydroxyl groups is 1. The van der Waals surface area contributed by atoms with Gasteiger partial charge in [0.15, 0.2) is 6.61 Å². The van der Waals surface area contributed by atoms with Gasteiger partial charge in [0.05, 0.1) is 17.6 Å². The van der Waals surface area contributed by atoms with Crippen LogP contribution >= 0.6 is 0 Å². The fraction of sp³-hybridized carbons (Fsp3) is 0.467. The Morgan fingerprint density at radius 2 is 2.17 bits per heavy atom. The first-order valence-electron chi connectivity index (χ1n) is 7.03. The van der Waals surface area contributed by atoms with Gasteiger partial charge < -0.3 is 15.2 Å². The van der Waals surface area contributed by atoms with Crippen LogP contribution in [0.4, 0.5) is 18.9 Å². The van der Waals surface area contributed by atoms with Crippen LogP contribution in [0.1, 0.15) is 24.8 Å². The number of carbonyl (C=O) groups is 1. The molecule has 2 atom stereocenters. The molecule has 0 bridgehead atoms. The number of nitrogens with one attached hydrogen (secondary N) is 1. The van der Waals surface area contributed by atoms with Crippen molar-refractivity contribution in [3.63, 3.8) is 0 Å². The lowest BCUT2D eigenvalue weighted by molar-refractivity contribution is -0.153. The van der Waals surface area contributed by atoms with Crippen molar-refractivity contribution in [1.82, 2.24) is 0 Å². The summed E-state index contributed by atoms with van der Waals surface area (Å²) in [6.45, 7) is -1.50. The van der Waals surface area contributed by atoms with Gasteiger partial charge in [-0.05, 0) is 37.5 Å². The number of alkyl halides is 3. The van der Waals surface area contributed by atoms with Crippen LogP contribution in [0.2, 0.25) is 0 Å². The maximum absolute atomic E-state index is 12.1. The maximum Gasteiger partial charge on any atom is 0.422 e. The Bertz CT molecular complexity index is 625. The zero-order valence-corrected chi connectivity index (χ0v) is 12.1. The standard InChI is InChI=1S/C15H15F3N2O3/c16-15(17,18)8-23-13-5-4-10(6-9(13)7-19)20-14(22)11-2-1-3-12(11)21/h4-6,11-12,21H,1-3,8H2,(H,20,22). The number of benzene rings is 1. The predicted molar refractivity (Wildman–Crippen MR) is 74.7 cm³/mol. The largest absolute Gasteiger partial charge is 0.483 e. The van der Waals surface area contributed by atoms with Gasteiger partial charge in [0.1, 0.15) is 11.8 Å². The SMILES string of the molecule is N#Cc1cc(NC(=O)C2CCCC2O)ccc1OCC(F)(F)F. The van der Waals surface area contributed by atoms with Gasteiger partial charge >= 0.3 is 6.18 Å². The van der Waals surface area contributed by atoms with Crippen LogP contribution < -0.4 is 10.1 Å². The van der Waals surface area contributed by atoms with Crippen molar-refractivity contribution < 1.29 is 27.8 Å². The lowest BCUT2D eigenvalue weighted by Crippen LogP contribution is -2.28. The molecule has 0 spiro atoms. The van der Waals surface area contributed by atoms with Crippen LogP contribution in [0.15, 0.2) is 18.2 Å². The number of rotatable bonds is 4. The molecule has 1 aliphatic carbocycles. The number of hydrogen-bond donors (Lipinski definition) is 2. The van der Waals surface area contributed by atoms with Crippen molar-refractivity contribution in [2.75, 3.05) is 11.9 Å². The molecule has 1 aromatic carbocycles. The summed E-state index contributed by atoms with van der Waals surface area (Å²) in [4.78, 5) is 12.0. The van der Waals surface area contributed by atoms with Crippen molar-refractivity contribution in [1.29, 1.82) is 5.26 Å². The van der Waals surface area contributed by atoms with E-state index < -0.39 is 24.8 Å². The third-order valence-electron chi connectivity index (χ3n) is 3.58. The number of nitriles is 1. The van der Waals surface area contributed by atoms with Crippen molar-refractivity contribution >= 4 is 11.6 Å². The first kappa shape index (κ1) is 17.1. The van der Waals surface area contributed by atoms with Gasteiger partial charge in [0.2, 0.25) is 5.91 Å². The second-order valence-corrected chi connectivity index (χ2v) is 5.32. The number of anilines is 1. The highest BCUT2D eigenvalue weighted by atomic mass is 19.4. The van der Waals surface area contributed by atoms with Gasteiger partial charge in [-0.2, -0.15) is 18.4 Å². The highest BCUT2D eigenvalue weighted by Gasteiger charge is 2.31. The highest BCUT2D eigenvalue weighted by molar-refractivity contribution is 5.93. The van der Waals surface area contributed by atoms with Crippen molar-refractivity contribution in [3.8, 4) is 11.8 Å². The second-order valence-electron chi connectivity index (χ2n) is 5.32. The lowest BCUT2D eigenvalue weighted by Gasteiger charge is -2.15. The molecule has 23 heavy (non-hydrogen) atoms. The molecule has 2 rings (SSSR count). The minimum atomic E-state index is -4.50. The zero-order chi connectivity index (χ0) is 17.0. The Morgan fingerprint density at radius 1 is 1.43 bits per heavy atom. The minimum Gasteiger partial charge on any atom is -0.483 e. The van der Waals surface area contributed by atoms with E-state index in [9.17, 15) is 23.1 Å². The van der Waals surface area contributed by atoms with E-state index in [-0.39, 0.29) is 22.9 Å². The number of halogens is 3. The summed E-state index contributed by atoms with van der Waals surface area (Å²) in [5.41, 5.74) is 0.157. The highest BCUT2D eigenvalue weighted by Crippen LogP contribution is 2.28. The molecule has 0 radical (unpaired) electrons. The van der Waals surface area contributed by atoms with Gasteiger partial charge in [-0.3, -0.25) is 4.79 Å². The average molecular weight is 328 g/mol. The maximum atomic E-state index is 12.1. The Morgan fingerprint density at radius 3 is 2.74 bits per heavy atom. The summed E-state index contributed by atoms with van der Waals surface area (Å²) >= 11 is 0. The number of nitrogens with zero attached hydrogens (tertiary/aromatic N) is 1. The Balaban J connectivity index is 2.07. The zero-order valence-electron chi connectivity index (χ0n) is 12.1. The normalized spacial score (nSPS) is 20.8. The second kappa shape index (κ2) is 6.87. The third kappa shape index (κ3) is 4.60. The topological polar surface area (TPSA) is 82.4 Å². The number of carbonyl (C=O) groups excluding carboxylic acids is 1. The van der Waals surface area contributed by atoms with Gasteiger partial charge in [0, 0.05) is 5.69 Å². The van der Waals surface area contributed by atoms with Crippen LogP contribution in [0.5, 0.6) is 5.75 Å². The molecule has 8 heteroatoms. The molecule has 0 saturated heterocycles.